The summed E-state index contributed by atoms with van der Waals surface area (Å²) in [6, 6.07) is 2.15. The first-order valence-corrected chi connectivity index (χ1v) is 4.50. The minimum atomic E-state index is 0.113. The molecular formula is C9H16N2O2. The van der Waals surface area contributed by atoms with E-state index in [-0.39, 0.29) is 12.2 Å². The van der Waals surface area contributed by atoms with Crippen LogP contribution in [0.2, 0.25) is 0 Å². The van der Waals surface area contributed by atoms with E-state index in [1.165, 1.54) is 0 Å². The molecule has 2 atom stereocenters. The van der Waals surface area contributed by atoms with E-state index >= 15 is 0 Å². The van der Waals surface area contributed by atoms with Crippen LogP contribution in [-0.4, -0.2) is 50.5 Å². The van der Waals surface area contributed by atoms with Crippen LogP contribution in [0.3, 0.4) is 0 Å². The van der Waals surface area contributed by atoms with Crippen LogP contribution in [0.5, 0.6) is 0 Å². The van der Waals surface area contributed by atoms with Crippen LogP contribution in [0.15, 0.2) is 0 Å². The number of morpholine rings is 1. The molecule has 1 rings (SSSR count). The summed E-state index contributed by atoms with van der Waals surface area (Å²) in [5.74, 6) is 0. The maximum absolute atomic E-state index is 8.56. The lowest BCUT2D eigenvalue weighted by molar-refractivity contribution is -0.0979. The van der Waals surface area contributed by atoms with Gasteiger partial charge in [-0.2, -0.15) is 5.26 Å². The fourth-order valence-corrected chi connectivity index (χ4v) is 1.65. The molecule has 4 heteroatoms. The highest BCUT2D eigenvalue weighted by atomic mass is 16.5. The highest BCUT2D eigenvalue weighted by Gasteiger charge is 2.24. The van der Waals surface area contributed by atoms with Crippen LogP contribution in [0, 0.1) is 11.3 Å². The lowest BCUT2D eigenvalue weighted by atomic mass is 10.2. The monoisotopic (exact) mass is 184 g/mol. The van der Waals surface area contributed by atoms with Gasteiger partial charge in [-0.05, 0) is 6.92 Å². The average Bonchev–Trinajstić information content (AvgIpc) is 2.04. The molecule has 0 radical (unpaired) electrons. The first kappa shape index (κ1) is 10.5. The van der Waals surface area contributed by atoms with Gasteiger partial charge in [0, 0.05) is 20.2 Å². The zero-order chi connectivity index (χ0) is 9.68. The van der Waals surface area contributed by atoms with Gasteiger partial charge in [-0.15, -0.1) is 0 Å². The van der Waals surface area contributed by atoms with Gasteiger partial charge in [0.05, 0.1) is 31.4 Å². The highest BCUT2D eigenvalue weighted by molar-refractivity contribution is 4.83. The van der Waals surface area contributed by atoms with Crippen LogP contribution in [-0.2, 0) is 9.47 Å². The molecule has 0 amide bonds. The summed E-state index contributed by atoms with van der Waals surface area (Å²) in [6.45, 7) is 4.74. The molecule has 0 saturated carbocycles. The Hall–Kier alpha value is -0.630. The van der Waals surface area contributed by atoms with Gasteiger partial charge in [-0.1, -0.05) is 0 Å². The first-order valence-electron chi connectivity index (χ1n) is 4.50. The maximum atomic E-state index is 8.56. The predicted octanol–water partition coefficient (Wildman–Crippen LogP) is 0.246. The van der Waals surface area contributed by atoms with Crippen molar-refractivity contribution in [1.82, 2.24) is 4.90 Å². The number of hydrogen-bond acceptors (Lipinski definition) is 4. The normalized spacial score (nSPS) is 29.9. The molecule has 0 aromatic rings. The van der Waals surface area contributed by atoms with Crippen molar-refractivity contribution in [2.45, 2.75) is 19.1 Å². The Kier molecular flexibility index (Phi) is 4.16. The van der Waals surface area contributed by atoms with Crippen LogP contribution in [0.25, 0.3) is 0 Å². The van der Waals surface area contributed by atoms with Crippen molar-refractivity contribution in [2.24, 2.45) is 0 Å². The van der Waals surface area contributed by atoms with Crippen molar-refractivity contribution in [2.75, 3.05) is 33.4 Å². The van der Waals surface area contributed by atoms with Crippen molar-refractivity contribution in [1.29, 1.82) is 5.26 Å². The van der Waals surface area contributed by atoms with Gasteiger partial charge in [0.15, 0.2) is 0 Å². The molecule has 0 N–H and O–H groups in total. The zero-order valence-electron chi connectivity index (χ0n) is 8.19. The molecule has 1 saturated heterocycles. The second-order valence-electron chi connectivity index (χ2n) is 3.38. The Morgan fingerprint density at radius 3 is 3.00 bits per heavy atom. The molecule has 2 unspecified atom stereocenters. The van der Waals surface area contributed by atoms with E-state index < -0.39 is 0 Å². The molecule has 1 heterocycles. The van der Waals surface area contributed by atoms with Crippen LogP contribution < -0.4 is 0 Å². The average molecular weight is 184 g/mol. The third-order valence-corrected chi connectivity index (χ3v) is 2.05. The Morgan fingerprint density at radius 1 is 1.62 bits per heavy atom. The minimum Gasteiger partial charge on any atom is -0.382 e. The van der Waals surface area contributed by atoms with Crippen molar-refractivity contribution in [3.05, 3.63) is 0 Å². The Bertz CT molecular complexity index is 191. The second-order valence-corrected chi connectivity index (χ2v) is 3.38. The van der Waals surface area contributed by atoms with E-state index in [4.69, 9.17) is 14.7 Å². The van der Waals surface area contributed by atoms with Gasteiger partial charge in [0.2, 0.25) is 0 Å². The Labute approximate surface area is 79.0 Å². The van der Waals surface area contributed by atoms with Gasteiger partial charge in [0.25, 0.3) is 0 Å². The van der Waals surface area contributed by atoms with Crippen LogP contribution in [0.1, 0.15) is 6.92 Å². The number of nitrogens with zero attached hydrogens (tertiary/aromatic N) is 2. The number of ether oxygens (including phenoxy) is 2. The highest BCUT2D eigenvalue weighted by Crippen LogP contribution is 2.10. The lowest BCUT2D eigenvalue weighted by Gasteiger charge is -2.35. The summed E-state index contributed by atoms with van der Waals surface area (Å²) in [6.07, 6.45) is 0.310. The molecular weight excluding hydrogens is 168 g/mol. The van der Waals surface area contributed by atoms with E-state index in [1.807, 2.05) is 6.92 Å². The van der Waals surface area contributed by atoms with E-state index in [2.05, 4.69) is 11.0 Å². The first-order chi connectivity index (χ1) is 6.26. The van der Waals surface area contributed by atoms with E-state index in [9.17, 15) is 0 Å². The lowest BCUT2D eigenvalue weighted by Crippen LogP contribution is -2.48. The quantitative estimate of drug-likeness (QED) is 0.590. The Balaban J connectivity index is 2.38. The van der Waals surface area contributed by atoms with Crippen molar-refractivity contribution in [3.63, 3.8) is 0 Å². The number of nitriles is 1. The van der Waals surface area contributed by atoms with Gasteiger partial charge in [0.1, 0.15) is 0 Å². The molecule has 74 valence electrons. The third-order valence-electron chi connectivity index (χ3n) is 2.05. The summed E-state index contributed by atoms with van der Waals surface area (Å²) in [4.78, 5) is 2.10. The third kappa shape index (κ3) is 3.31. The fraction of sp³-hybridized carbons (Fsp3) is 0.889. The molecule has 0 aromatic heterocycles. The summed E-state index contributed by atoms with van der Waals surface area (Å²) in [7, 11) is 1.66. The SMILES string of the molecule is COCC1CN(CC#N)CC(C)O1. The smallest absolute Gasteiger partial charge is 0.0939 e. The van der Waals surface area contributed by atoms with Gasteiger partial charge < -0.3 is 9.47 Å². The Morgan fingerprint density at radius 2 is 2.38 bits per heavy atom. The molecule has 0 bridgehead atoms. The predicted molar refractivity (Wildman–Crippen MR) is 48.3 cm³/mol. The summed E-state index contributed by atoms with van der Waals surface area (Å²) in [5.41, 5.74) is 0. The van der Waals surface area contributed by atoms with Crippen molar-refractivity contribution < 1.29 is 9.47 Å². The van der Waals surface area contributed by atoms with Gasteiger partial charge in [-0.25, -0.2) is 0 Å². The number of rotatable bonds is 3. The molecule has 4 nitrogen and oxygen atoms in total. The molecule has 1 aliphatic heterocycles. The number of hydrogen-bond donors (Lipinski definition) is 0. The molecule has 1 fully saturated rings. The zero-order valence-corrected chi connectivity index (χ0v) is 8.19. The molecule has 13 heavy (non-hydrogen) atoms. The summed E-state index contributed by atoms with van der Waals surface area (Å²) in [5, 5.41) is 8.56. The van der Waals surface area contributed by atoms with E-state index in [1.54, 1.807) is 7.11 Å². The second kappa shape index (κ2) is 5.18. The molecule has 0 aliphatic carbocycles. The maximum Gasteiger partial charge on any atom is 0.0939 e. The molecule has 0 spiro atoms. The van der Waals surface area contributed by atoms with Crippen LogP contribution in [0.4, 0.5) is 0 Å². The van der Waals surface area contributed by atoms with E-state index in [0.717, 1.165) is 13.1 Å². The van der Waals surface area contributed by atoms with Crippen LogP contribution >= 0.6 is 0 Å². The fourth-order valence-electron chi connectivity index (χ4n) is 1.65. The van der Waals surface area contributed by atoms with Crippen molar-refractivity contribution in [3.8, 4) is 6.07 Å². The number of methoxy groups -OCH3 is 1. The molecule has 0 aromatic carbocycles. The summed E-state index contributed by atoms with van der Waals surface area (Å²) >= 11 is 0. The minimum absolute atomic E-state index is 0.113. The summed E-state index contributed by atoms with van der Waals surface area (Å²) < 4.78 is 10.6. The topological polar surface area (TPSA) is 45.5 Å². The van der Waals surface area contributed by atoms with Gasteiger partial charge >= 0.3 is 0 Å². The van der Waals surface area contributed by atoms with Gasteiger partial charge in [-0.3, -0.25) is 4.90 Å². The standard InChI is InChI=1S/C9H16N2O2/c1-8-5-11(4-3-10)6-9(13-8)7-12-2/h8-9H,4-7H2,1-2H3. The van der Waals surface area contributed by atoms with E-state index in [0.29, 0.717) is 13.2 Å². The van der Waals surface area contributed by atoms with Crippen molar-refractivity contribution >= 4 is 0 Å². The largest absolute Gasteiger partial charge is 0.382 e. The molecule has 1 aliphatic rings.